The number of nitrogens with one attached hydrogen (secondary N) is 1. The number of carboxylic acids is 1. The highest BCUT2D eigenvalue weighted by atomic mass is 32.2. The van der Waals surface area contributed by atoms with Crippen LogP contribution in [0, 0.1) is 6.92 Å². The van der Waals surface area contributed by atoms with Crippen molar-refractivity contribution in [2.75, 3.05) is 0 Å². The Hall–Kier alpha value is -1.64. The molecular weight excluding hydrogens is 314 g/mol. The van der Waals surface area contributed by atoms with Gasteiger partial charge in [-0.2, -0.15) is 0 Å². The zero-order valence-corrected chi connectivity index (χ0v) is 13.1. The largest absolute Gasteiger partial charge is 0.481 e. The summed E-state index contributed by atoms with van der Waals surface area (Å²) in [7, 11) is -3.70. The van der Waals surface area contributed by atoms with Crippen LogP contribution >= 0.6 is 11.3 Å². The summed E-state index contributed by atoms with van der Waals surface area (Å²) in [5, 5.41) is 8.70. The van der Waals surface area contributed by atoms with Crippen LogP contribution in [0.15, 0.2) is 32.9 Å². The summed E-state index contributed by atoms with van der Waals surface area (Å²) in [6, 6.07) is 5.89. The summed E-state index contributed by atoms with van der Waals surface area (Å²) >= 11 is 0.949. The maximum Gasteiger partial charge on any atom is 0.308 e. The molecule has 0 bridgehead atoms. The maximum absolute atomic E-state index is 12.2. The highest BCUT2D eigenvalue weighted by Gasteiger charge is 2.22. The van der Waals surface area contributed by atoms with Crippen LogP contribution in [-0.4, -0.2) is 19.5 Å². The minimum Gasteiger partial charge on any atom is -0.481 e. The van der Waals surface area contributed by atoms with E-state index in [2.05, 4.69) is 4.72 Å². The van der Waals surface area contributed by atoms with Gasteiger partial charge in [0.15, 0.2) is 0 Å². The van der Waals surface area contributed by atoms with Gasteiger partial charge in [0.05, 0.1) is 12.5 Å². The summed E-state index contributed by atoms with van der Waals surface area (Å²) in [4.78, 5) is 11.1. The van der Waals surface area contributed by atoms with Crippen LogP contribution < -0.4 is 4.72 Å². The second kappa shape index (κ2) is 6.00. The van der Waals surface area contributed by atoms with E-state index in [0.717, 1.165) is 11.3 Å². The standard InChI is InChI=1S/C13H15NO5S2/c1-8-3-5-11(19-8)9(2)14-21(17,18)13-6-4-10(20-13)7-12(15)16/h3-6,9,14H,7H2,1-2H3,(H,15,16). The molecule has 0 saturated heterocycles. The molecule has 0 spiro atoms. The lowest BCUT2D eigenvalue weighted by Crippen LogP contribution is -2.25. The first kappa shape index (κ1) is 15.7. The molecule has 2 heterocycles. The van der Waals surface area contributed by atoms with Gasteiger partial charge >= 0.3 is 5.97 Å². The Kier molecular flexibility index (Phi) is 4.50. The summed E-state index contributed by atoms with van der Waals surface area (Å²) in [5.74, 6) is 0.238. The number of hydrogen-bond donors (Lipinski definition) is 2. The van der Waals surface area contributed by atoms with E-state index in [-0.39, 0.29) is 10.6 Å². The highest BCUT2D eigenvalue weighted by molar-refractivity contribution is 7.91. The van der Waals surface area contributed by atoms with E-state index in [1.54, 1.807) is 26.0 Å². The molecule has 0 aromatic carbocycles. The third kappa shape index (κ3) is 3.93. The van der Waals surface area contributed by atoms with E-state index in [0.29, 0.717) is 16.4 Å². The zero-order valence-electron chi connectivity index (χ0n) is 11.5. The Balaban J connectivity index is 2.14. The van der Waals surface area contributed by atoms with Gasteiger partial charge in [0.1, 0.15) is 15.7 Å². The van der Waals surface area contributed by atoms with Gasteiger partial charge in [-0.15, -0.1) is 11.3 Å². The van der Waals surface area contributed by atoms with E-state index >= 15 is 0 Å². The molecule has 2 aromatic rings. The molecule has 2 aromatic heterocycles. The van der Waals surface area contributed by atoms with Gasteiger partial charge in [-0.3, -0.25) is 4.79 Å². The fraction of sp³-hybridized carbons (Fsp3) is 0.308. The highest BCUT2D eigenvalue weighted by Crippen LogP contribution is 2.24. The topological polar surface area (TPSA) is 96.6 Å². The average molecular weight is 329 g/mol. The summed E-state index contributed by atoms with van der Waals surface area (Å²) in [6.45, 7) is 3.46. The molecule has 21 heavy (non-hydrogen) atoms. The molecule has 6 nitrogen and oxygen atoms in total. The summed E-state index contributed by atoms with van der Waals surface area (Å²) < 4.78 is 32.4. The Bertz CT molecular complexity index is 744. The predicted molar refractivity (Wildman–Crippen MR) is 77.8 cm³/mol. The third-order valence-electron chi connectivity index (χ3n) is 2.75. The predicted octanol–water partition coefficient (Wildman–Crippen LogP) is 2.32. The van der Waals surface area contributed by atoms with E-state index in [4.69, 9.17) is 9.52 Å². The maximum atomic E-state index is 12.2. The average Bonchev–Trinajstić information content (AvgIpc) is 2.97. The van der Waals surface area contributed by atoms with Crippen LogP contribution in [0.2, 0.25) is 0 Å². The number of carboxylic acid groups (broad SMARTS) is 1. The number of aryl methyl sites for hydroxylation is 1. The number of hydrogen-bond acceptors (Lipinski definition) is 5. The van der Waals surface area contributed by atoms with Crippen LogP contribution in [0.1, 0.15) is 29.4 Å². The Morgan fingerprint density at radius 1 is 1.38 bits per heavy atom. The fourth-order valence-corrected chi connectivity index (χ4v) is 4.36. The van der Waals surface area contributed by atoms with Gasteiger partial charge in [-0.1, -0.05) is 0 Å². The minimum absolute atomic E-state index is 0.0916. The molecule has 1 atom stereocenters. The molecule has 0 aliphatic rings. The Morgan fingerprint density at radius 3 is 2.67 bits per heavy atom. The lowest BCUT2D eigenvalue weighted by Gasteiger charge is -2.10. The molecule has 0 fully saturated rings. The van der Waals surface area contributed by atoms with Crippen LogP contribution in [0.3, 0.4) is 0 Å². The van der Waals surface area contributed by atoms with Crippen molar-refractivity contribution in [1.29, 1.82) is 0 Å². The molecule has 114 valence electrons. The van der Waals surface area contributed by atoms with Crippen LogP contribution in [0.25, 0.3) is 0 Å². The molecular formula is C13H15NO5S2. The number of rotatable bonds is 6. The van der Waals surface area contributed by atoms with Crippen molar-refractivity contribution in [3.8, 4) is 0 Å². The number of sulfonamides is 1. The van der Waals surface area contributed by atoms with Crippen molar-refractivity contribution >= 4 is 27.3 Å². The van der Waals surface area contributed by atoms with Crippen molar-refractivity contribution in [3.63, 3.8) is 0 Å². The monoisotopic (exact) mass is 329 g/mol. The summed E-state index contributed by atoms with van der Waals surface area (Å²) in [5.41, 5.74) is 0. The molecule has 0 saturated carbocycles. The van der Waals surface area contributed by atoms with Gasteiger partial charge in [-0.05, 0) is 38.1 Å². The van der Waals surface area contributed by atoms with Gasteiger partial charge < -0.3 is 9.52 Å². The van der Waals surface area contributed by atoms with E-state index in [1.807, 2.05) is 0 Å². The number of aliphatic carboxylic acids is 1. The molecule has 1 unspecified atom stereocenters. The van der Waals surface area contributed by atoms with Crippen molar-refractivity contribution in [1.82, 2.24) is 4.72 Å². The van der Waals surface area contributed by atoms with Crippen molar-refractivity contribution in [2.45, 2.75) is 30.5 Å². The van der Waals surface area contributed by atoms with Gasteiger partial charge in [0.2, 0.25) is 0 Å². The van der Waals surface area contributed by atoms with E-state index in [1.165, 1.54) is 12.1 Å². The lowest BCUT2D eigenvalue weighted by atomic mass is 10.3. The molecule has 8 heteroatoms. The first-order valence-corrected chi connectivity index (χ1v) is 8.47. The number of carbonyl (C=O) groups is 1. The van der Waals surface area contributed by atoms with Crippen molar-refractivity contribution in [2.24, 2.45) is 0 Å². The molecule has 0 aliphatic carbocycles. The normalized spacial score (nSPS) is 13.2. The van der Waals surface area contributed by atoms with Gasteiger partial charge in [0, 0.05) is 4.88 Å². The quantitative estimate of drug-likeness (QED) is 0.848. The van der Waals surface area contributed by atoms with E-state index < -0.39 is 22.0 Å². The first-order valence-electron chi connectivity index (χ1n) is 6.17. The smallest absolute Gasteiger partial charge is 0.308 e. The van der Waals surface area contributed by atoms with Crippen molar-refractivity contribution in [3.05, 3.63) is 40.7 Å². The Labute approximate surface area is 126 Å². The summed E-state index contributed by atoms with van der Waals surface area (Å²) in [6.07, 6.45) is -0.187. The zero-order chi connectivity index (χ0) is 15.6. The van der Waals surface area contributed by atoms with Crippen molar-refractivity contribution < 1.29 is 22.7 Å². The van der Waals surface area contributed by atoms with Crippen LogP contribution in [0.4, 0.5) is 0 Å². The fourth-order valence-electron chi connectivity index (χ4n) is 1.78. The Morgan fingerprint density at radius 2 is 2.10 bits per heavy atom. The third-order valence-corrected chi connectivity index (χ3v) is 5.86. The number of furan rings is 1. The minimum atomic E-state index is -3.70. The molecule has 2 N–H and O–H groups in total. The second-order valence-electron chi connectivity index (χ2n) is 4.58. The van der Waals surface area contributed by atoms with Crippen LogP contribution in [-0.2, 0) is 21.2 Å². The lowest BCUT2D eigenvalue weighted by molar-refractivity contribution is -0.136. The SMILES string of the molecule is Cc1ccc(C(C)NS(=O)(=O)c2ccc(CC(=O)O)s2)o1. The van der Waals surface area contributed by atoms with E-state index in [9.17, 15) is 13.2 Å². The molecule has 0 radical (unpaired) electrons. The number of thiophene rings is 1. The second-order valence-corrected chi connectivity index (χ2v) is 7.69. The van der Waals surface area contributed by atoms with Crippen LogP contribution in [0.5, 0.6) is 0 Å². The molecule has 2 rings (SSSR count). The van der Waals surface area contributed by atoms with Gasteiger partial charge in [-0.25, -0.2) is 13.1 Å². The first-order chi connectivity index (χ1) is 9.78. The molecule has 0 aliphatic heterocycles. The van der Waals surface area contributed by atoms with Gasteiger partial charge in [0.25, 0.3) is 10.0 Å². The molecule has 0 amide bonds.